The molecule has 0 bridgehead atoms. The van der Waals surface area contributed by atoms with Crippen molar-refractivity contribution in [3.8, 4) is 0 Å². The number of hydrogen-bond donors (Lipinski definition) is 1. The Bertz CT molecular complexity index is 946. The van der Waals surface area contributed by atoms with Gasteiger partial charge in [0.05, 0.1) is 24.5 Å². The van der Waals surface area contributed by atoms with Gasteiger partial charge in [0.25, 0.3) is 5.91 Å². The molecule has 0 atom stereocenters. The van der Waals surface area contributed by atoms with Crippen LogP contribution >= 0.6 is 0 Å². The van der Waals surface area contributed by atoms with E-state index in [9.17, 15) is 4.79 Å². The minimum atomic E-state index is -0.201. The molecule has 1 aliphatic rings. The first-order valence-electron chi connectivity index (χ1n) is 8.68. The number of carbonyl (C=O) groups excluding carboxylic acids is 1. The van der Waals surface area contributed by atoms with E-state index in [1.807, 2.05) is 49.4 Å². The molecule has 0 aliphatic carbocycles. The van der Waals surface area contributed by atoms with Crippen molar-refractivity contribution in [3.05, 3.63) is 59.9 Å². The van der Waals surface area contributed by atoms with Gasteiger partial charge in [0.15, 0.2) is 0 Å². The van der Waals surface area contributed by atoms with E-state index < -0.39 is 0 Å². The van der Waals surface area contributed by atoms with Gasteiger partial charge in [-0.2, -0.15) is 0 Å². The molecule has 1 amide bonds. The Morgan fingerprint density at radius 1 is 1.12 bits per heavy atom. The highest BCUT2D eigenvalue weighted by Gasteiger charge is 2.17. The number of aryl methyl sites for hydroxylation is 1. The molecule has 26 heavy (non-hydrogen) atoms. The van der Waals surface area contributed by atoms with E-state index in [0.717, 1.165) is 29.5 Å². The summed E-state index contributed by atoms with van der Waals surface area (Å²) in [6, 6.07) is 13.8. The SMILES string of the molecule is Cc1nc(N2CCOCC2)ncc1C(=O)Nc1cccc2ccccc12. The predicted octanol–water partition coefficient (Wildman–Crippen LogP) is 3.03. The monoisotopic (exact) mass is 348 g/mol. The molecule has 6 nitrogen and oxygen atoms in total. The quantitative estimate of drug-likeness (QED) is 0.788. The second-order valence-electron chi connectivity index (χ2n) is 6.25. The molecule has 4 rings (SSSR count). The van der Waals surface area contributed by atoms with Gasteiger partial charge in [-0.05, 0) is 18.4 Å². The molecule has 1 fully saturated rings. The van der Waals surface area contributed by atoms with Crippen molar-refractivity contribution in [3.63, 3.8) is 0 Å². The van der Waals surface area contributed by atoms with Gasteiger partial charge in [-0.1, -0.05) is 36.4 Å². The Kier molecular flexibility index (Phi) is 4.50. The molecule has 0 spiro atoms. The molecule has 1 aliphatic heterocycles. The highest BCUT2D eigenvalue weighted by molar-refractivity contribution is 6.09. The van der Waals surface area contributed by atoms with Gasteiger partial charge >= 0.3 is 0 Å². The molecule has 3 aromatic rings. The van der Waals surface area contributed by atoms with Crippen LogP contribution in [0.15, 0.2) is 48.7 Å². The van der Waals surface area contributed by atoms with Gasteiger partial charge in [0, 0.05) is 30.4 Å². The first-order chi connectivity index (χ1) is 12.7. The summed E-state index contributed by atoms with van der Waals surface area (Å²) in [5.74, 6) is 0.444. The lowest BCUT2D eigenvalue weighted by Crippen LogP contribution is -2.37. The number of rotatable bonds is 3. The third-order valence-corrected chi connectivity index (χ3v) is 4.54. The highest BCUT2D eigenvalue weighted by Crippen LogP contribution is 2.24. The van der Waals surface area contributed by atoms with E-state index >= 15 is 0 Å². The summed E-state index contributed by atoms with van der Waals surface area (Å²) in [5, 5.41) is 5.08. The number of nitrogens with zero attached hydrogens (tertiary/aromatic N) is 3. The van der Waals surface area contributed by atoms with Crippen LogP contribution in [0.2, 0.25) is 0 Å². The Hall–Kier alpha value is -2.99. The molecule has 1 N–H and O–H groups in total. The van der Waals surface area contributed by atoms with Crippen molar-refractivity contribution >= 4 is 28.3 Å². The molecule has 132 valence electrons. The van der Waals surface area contributed by atoms with Crippen LogP contribution in [0.25, 0.3) is 10.8 Å². The number of benzene rings is 2. The largest absolute Gasteiger partial charge is 0.378 e. The molecular formula is C20H20N4O2. The average molecular weight is 348 g/mol. The van der Waals surface area contributed by atoms with Crippen LogP contribution in [-0.2, 0) is 4.74 Å². The molecule has 0 radical (unpaired) electrons. The number of nitrogens with one attached hydrogen (secondary N) is 1. The lowest BCUT2D eigenvalue weighted by Gasteiger charge is -2.27. The van der Waals surface area contributed by atoms with Crippen LogP contribution < -0.4 is 10.2 Å². The lowest BCUT2D eigenvalue weighted by atomic mass is 10.1. The number of carbonyl (C=O) groups is 1. The van der Waals surface area contributed by atoms with Crippen molar-refractivity contribution in [1.29, 1.82) is 0 Å². The summed E-state index contributed by atoms with van der Waals surface area (Å²) < 4.78 is 5.35. The number of hydrogen-bond acceptors (Lipinski definition) is 5. The summed E-state index contributed by atoms with van der Waals surface area (Å²) in [6.45, 7) is 4.71. The maximum Gasteiger partial charge on any atom is 0.259 e. The van der Waals surface area contributed by atoms with E-state index in [-0.39, 0.29) is 5.91 Å². The van der Waals surface area contributed by atoms with Gasteiger partial charge in [-0.25, -0.2) is 9.97 Å². The third kappa shape index (κ3) is 3.23. The average Bonchev–Trinajstić information content (AvgIpc) is 2.69. The van der Waals surface area contributed by atoms with Gasteiger partial charge in [-0.3, -0.25) is 4.79 Å². The van der Waals surface area contributed by atoms with Crippen molar-refractivity contribution in [2.45, 2.75) is 6.92 Å². The van der Waals surface area contributed by atoms with E-state index in [2.05, 4.69) is 20.2 Å². The van der Waals surface area contributed by atoms with E-state index in [0.29, 0.717) is 30.4 Å². The van der Waals surface area contributed by atoms with Crippen LogP contribution in [0, 0.1) is 6.92 Å². The summed E-state index contributed by atoms with van der Waals surface area (Å²) in [5.41, 5.74) is 1.93. The molecule has 1 aromatic heterocycles. The Balaban J connectivity index is 1.58. The molecule has 6 heteroatoms. The van der Waals surface area contributed by atoms with Crippen LogP contribution in [0.3, 0.4) is 0 Å². The molecule has 2 aromatic carbocycles. The lowest BCUT2D eigenvalue weighted by molar-refractivity contribution is 0.102. The van der Waals surface area contributed by atoms with Crippen LogP contribution in [-0.4, -0.2) is 42.2 Å². The molecule has 0 unspecified atom stereocenters. The molecule has 0 saturated carbocycles. The van der Waals surface area contributed by atoms with E-state index in [1.165, 1.54) is 0 Å². The minimum Gasteiger partial charge on any atom is -0.378 e. The number of anilines is 2. The second kappa shape index (κ2) is 7.09. The summed E-state index contributed by atoms with van der Waals surface area (Å²) in [6.07, 6.45) is 1.60. The fraction of sp³-hybridized carbons (Fsp3) is 0.250. The maximum atomic E-state index is 12.7. The third-order valence-electron chi connectivity index (χ3n) is 4.54. The summed E-state index contributed by atoms with van der Waals surface area (Å²) in [7, 11) is 0. The van der Waals surface area contributed by atoms with Crippen molar-refractivity contribution in [2.75, 3.05) is 36.5 Å². The topological polar surface area (TPSA) is 67.3 Å². The Morgan fingerprint density at radius 3 is 2.69 bits per heavy atom. The second-order valence-corrected chi connectivity index (χ2v) is 6.25. The summed E-state index contributed by atoms with van der Waals surface area (Å²) >= 11 is 0. The van der Waals surface area contributed by atoms with Crippen molar-refractivity contribution in [2.24, 2.45) is 0 Å². The number of morpholine rings is 1. The van der Waals surface area contributed by atoms with Crippen LogP contribution in [0.5, 0.6) is 0 Å². The highest BCUT2D eigenvalue weighted by atomic mass is 16.5. The maximum absolute atomic E-state index is 12.7. The van der Waals surface area contributed by atoms with E-state index in [4.69, 9.17) is 4.74 Å². The first kappa shape index (κ1) is 16.5. The van der Waals surface area contributed by atoms with E-state index in [1.54, 1.807) is 6.20 Å². The zero-order valence-electron chi connectivity index (χ0n) is 14.6. The smallest absolute Gasteiger partial charge is 0.259 e. The number of fused-ring (bicyclic) bond motifs is 1. The van der Waals surface area contributed by atoms with Crippen LogP contribution in [0.4, 0.5) is 11.6 Å². The first-order valence-corrected chi connectivity index (χ1v) is 8.68. The van der Waals surface area contributed by atoms with Gasteiger partial charge < -0.3 is 15.0 Å². The Morgan fingerprint density at radius 2 is 1.88 bits per heavy atom. The normalized spacial score (nSPS) is 14.4. The number of ether oxygens (including phenoxy) is 1. The fourth-order valence-electron chi connectivity index (χ4n) is 3.12. The number of amides is 1. The zero-order valence-corrected chi connectivity index (χ0v) is 14.6. The predicted molar refractivity (Wildman–Crippen MR) is 102 cm³/mol. The molecular weight excluding hydrogens is 328 g/mol. The van der Waals surface area contributed by atoms with Gasteiger partial charge in [0.2, 0.25) is 5.95 Å². The van der Waals surface area contributed by atoms with Gasteiger partial charge in [-0.15, -0.1) is 0 Å². The van der Waals surface area contributed by atoms with Gasteiger partial charge in [0.1, 0.15) is 0 Å². The van der Waals surface area contributed by atoms with Crippen molar-refractivity contribution < 1.29 is 9.53 Å². The van der Waals surface area contributed by atoms with Crippen LogP contribution in [0.1, 0.15) is 16.1 Å². The summed E-state index contributed by atoms with van der Waals surface area (Å²) in [4.78, 5) is 23.7. The number of aromatic nitrogens is 2. The Labute approximate surface area is 151 Å². The standard InChI is InChI=1S/C20H20N4O2/c1-14-17(13-21-20(22-14)24-9-11-26-12-10-24)19(25)23-18-8-4-6-15-5-2-3-7-16(15)18/h2-8,13H,9-12H2,1H3,(H,23,25). The molecule has 1 saturated heterocycles. The van der Waals surface area contributed by atoms with Crippen molar-refractivity contribution in [1.82, 2.24) is 9.97 Å². The molecule has 2 heterocycles. The zero-order chi connectivity index (χ0) is 17.9. The minimum absolute atomic E-state index is 0.201. The fourth-order valence-corrected chi connectivity index (χ4v) is 3.12.